The molecule has 3 rings (SSSR count). The summed E-state index contributed by atoms with van der Waals surface area (Å²) in [6.45, 7) is -0.0743. The Morgan fingerprint density at radius 2 is 1.92 bits per heavy atom. The van der Waals surface area contributed by atoms with Gasteiger partial charge in [-0.3, -0.25) is 0 Å². The minimum Gasteiger partial charge on any atom is -0.493 e. The van der Waals surface area contributed by atoms with Crippen molar-refractivity contribution in [3.05, 3.63) is 59.7 Å². The van der Waals surface area contributed by atoms with Crippen molar-refractivity contribution in [2.75, 3.05) is 13.2 Å². The molecule has 2 aromatic rings. The minimum absolute atomic E-state index is 0.199. The molecule has 0 bridgehead atoms. The third-order valence-corrected chi connectivity index (χ3v) is 5.32. The summed E-state index contributed by atoms with van der Waals surface area (Å²) in [7, 11) is -4.10. The maximum Gasteiger partial charge on any atom is 0.240 e. The van der Waals surface area contributed by atoms with Gasteiger partial charge in [0.2, 0.25) is 10.0 Å². The Morgan fingerprint density at radius 1 is 1.17 bits per heavy atom. The van der Waals surface area contributed by atoms with Crippen LogP contribution in [0.5, 0.6) is 5.75 Å². The summed E-state index contributed by atoms with van der Waals surface area (Å²) in [4.78, 5) is -0.412. The second-order valence-corrected chi connectivity index (χ2v) is 7.29. The van der Waals surface area contributed by atoms with E-state index >= 15 is 0 Å². The van der Waals surface area contributed by atoms with E-state index in [4.69, 9.17) is 4.74 Å². The number of aliphatic hydroxyl groups is 1. The van der Waals surface area contributed by atoms with E-state index in [1.54, 1.807) is 24.3 Å². The van der Waals surface area contributed by atoms with Gasteiger partial charge >= 0.3 is 0 Å². The van der Waals surface area contributed by atoms with Crippen LogP contribution in [0.25, 0.3) is 0 Å². The van der Waals surface area contributed by atoms with Crippen LogP contribution < -0.4 is 9.46 Å². The Morgan fingerprint density at radius 3 is 2.67 bits per heavy atom. The van der Waals surface area contributed by atoms with Crippen molar-refractivity contribution in [2.45, 2.75) is 16.9 Å². The molecule has 2 aromatic carbocycles. The van der Waals surface area contributed by atoms with Crippen molar-refractivity contribution < 1.29 is 27.0 Å². The van der Waals surface area contributed by atoms with Crippen LogP contribution in [0.1, 0.15) is 12.0 Å². The Hall–Kier alpha value is -2.03. The SMILES string of the molecule is O=S(=O)(NCC1(O)CCOc2ccccc21)c1ccc(F)c(F)c1. The highest BCUT2D eigenvalue weighted by molar-refractivity contribution is 7.89. The Kier molecular flexibility index (Phi) is 4.29. The first-order chi connectivity index (χ1) is 11.3. The van der Waals surface area contributed by atoms with Gasteiger partial charge in [-0.05, 0) is 24.3 Å². The average Bonchev–Trinajstić information content (AvgIpc) is 2.56. The number of rotatable bonds is 4. The van der Waals surface area contributed by atoms with Crippen molar-refractivity contribution in [1.29, 1.82) is 0 Å². The lowest BCUT2D eigenvalue weighted by atomic mass is 9.88. The summed E-state index contributed by atoms with van der Waals surface area (Å²) in [6.07, 6.45) is 0.199. The highest BCUT2D eigenvalue weighted by Crippen LogP contribution is 2.36. The van der Waals surface area contributed by atoms with E-state index in [0.717, 1.165) is 12.1 Å². The van der Waals surface area contributed by atoms with Crippen molar-refractivity contribution in [3.63, 3.8) is 0 Å². The number of benzene rings is 2. The number of fused-ring (bicyclic) bond motifs is 1. The molecule has 24 heavy (non-hydrogen) atoms. The topological polar surface area (TPSA) is 75.6 Å². The molecule has 0 saturated carbocycles. The first-order valence-electron chi connectivity index (χ1n) is 7.21. The van der Waals surface area contributed by atoms with E-state index in [2.05, 4.69) is 4.72 Å². The minimum atomic E-state index is -4.10. The van der Waals surface area contributed by atoms with Gasteiger partial charge in [0.15, 0.2) is 11.6 Å². The van der Waals surface area contributed by atoms with Gasteiger partial charge in [0, 0.05) is 18.5 Å². The fourth-order valence-electron chi connectivity index (χ4n) is 2.57. The Balaban J connectivity index is 1.83. The van der Waals surface area contributed by atoms with Crippen LogP contribution in [-0.2, 0) is 15.6 Å². The molecule has 0 aromatic heterocycles. The second-order valence-electron chi connectivity index (χ2n) is 5.53. The van der Waals surface area contributed by atoms with Crippen LogP contribution in [0.4, 0.5) is 8.78 Å². The summed E-state index contributed by atoms with van der Waals surface area (Å²) >= 11 is 0. The van der Waals surface area contributed by atoms with Gasteiger partial charge in [-0.15, -0.1) is 0 Å². The maximum atomic E-state index is 13.2. The van der Waals surface area contributed by atoms with Crippen LogP contribution in [0.3, 0.4) is 0 Å². The molecule has 5 nitrogen and oxygen atoms in total. The fourth-order valence-corrected chi connectivity index (χ4v) is 3.67. The summed E-state index contributed by atoms with van der Waals surface area (Å²) in [6, 6.07) is 9.09. The molecule has 1 aliphatic rings. The van der Waals surface area contributed by atoms with Gasteiger partial charge in [0.1, 0.15) is 11.4 Å². The quantitative estimate of drug-likeness (QED) is 0.879. The van der Waals surface area contributed by atoms with Crippen LogP contribution in [0, 0.1) is 11.6 Å². The number of hydrogen-bond acceptors (Lipinski definition) is 4. The van der Waals surface area contributed by atoms with Crippen LogP contribution in [0.2, 0.25) is 0 Å². The van der Waals surface area contributed by atoms with Gasteiger partial charge in [-0.2, -0.15) is 0 Å². The fraction of sp³-hybridized carbons (Fsp3) is 0.250. The Labute approximate surface area is 137 Å². The largest absolute Gasteiger partial charge is 0.493 e. The van der Waals surface area contributed by atoms with Crippen molar-refractivity contribution in [1.82, 2.24) is 4.72 Å². The van der Waals surface area contributed by atoms with Crippen molar-refractivity contribution >= 4 is 10.0 Å². The van der Waals surface area contributed by atoms with Gasteiger partial charge in [-0.25, -0.2) is 21.9 Å². The molecular weight excluding hydrogens is 340 g/mol. The molecular formula is C16H15F2NO4S. The molecule has 2 N–H and O–H groups in total. The molecule has 0 amide bonds. The van der Waals surface area contributed by atoms with E-state index in [-0.39, 0.29) is 19.6 Å². The highest BCUT2D eigenvalue weighted by atomic mass is 32.2. The monoisotopic (exact) mass is 355 g/mol. The van der Waals surface area contributed by atoms with Gasteiger partial charge in [-0.1, -0.05) is 18.2 Å². The van der Waals surface area contributed by atoms with E-state index in [9.17, 15) is 22.3 Å². The number of ether oxygens (including phenoxy) is 1. The molecule has 1 aliphatic heterocycles. The van der Waals surface area contributed by atoms with Gasteiger partial charge in [0.25, 0.3) is 0 Å². The summed E-state index contributed by atoms with van der Waals surface area (Å²) in [5.41, 5.74) is -0.968. The molecule has 1 unspecified atom stereocenters. The van der Waals surface area contributed by atoms with Gasteiger partial charge in [0.05, 0.1) is 11.5 Å². The van der Waals surface area contributed by atoms with Crippen LogP contribution in [-0.4, -0.2) is 26.7 Å². The van der Waals surface area contributed by atoms with Crippen molar-refractivity contribution in [2.24, 2.45) is 0 Å². The van der Waals surface area contributed by atoms with E-state index in [1.165, 1.54) is 0 Å². The first kappa shape index (κ1) is 16.8. The number of nitrogens with one attached hydrogen (secondary N) is 1. The third kappa shape index (κ3) is 3.12. The smallest absolute Gasteiger partial charge is 0.240 e. The third-order valence-electron chi connectivity index (χ3n) is 3.92. The molecule has 0 radical (unpaired) electrons. The predicted molar refractivity (Wildman–Crippen MR) is 82.0 cm³/mol. The molecule has 1 heterocycles. The van der Waals surface area contributed by atoms with Crippen LogP contribution in [0.15, 0.2) is 47.4 Å². The highest BCUT2D eigenvalue weighted by Gasteiger charge is 2.36. The second kappa shape index (κ2) is 6.12. The zero-order valence-corrected chi connectivity index (χ0v) is 13.3. The average molecular weight is 355 g/mol. The number of hydrogen-bond donors (Lipinski definition) is 2. The number of para-hydroxylation sites is 1. The molecule has 1 atom stereocenters. The zero-order valence-electron chi connectivity index (χ0n) is 12.5. The maximum absolute atomic E-state index is 13.2. The molecule has 0 spiro atoms. The normalized spacial score (nSPS) is 20.3. The summed E-state index contributed by atoms with van der Waals surface area (Å²) in [5.74, 6) is -1.91. The zero-order chi connectivity index (χ0) is 17.4. The lowest BCUT2D eigenvalue weighted by Crippen LogP contribution is -2.43. The number of halogens is 2. The van der Waals surface area contributed by atoms with Crippen LogP contribution >= 0.6 is 0 Å². The van der Waals surface area contributed by atoms with E-state index < -0.39 is 32.2 Å². The molecule has 0 aliphatic carbocycles. The number of sulfonamides is 1. The van der Waals surface area contributed by atoms with Gasteiger partial charge < -0.3 is 9.84 Å². The standard InChI is InChI=1S/C16H15F2NO4S/c17-13-6-5-11(9-14(13)18)24(21,22)19-10-16(20)7-8-23-15-4-2-1-3-12(15)16/h1-6,9,19-20H,7-8,10H2. The van der Waals surface area contributed by atoms with E-state index in [0.29, 0.717) is 17.4 Å². The molecule has 0 saturated heterocycles. The lowest BCUT2D eigenvalue weighted by molar-refractivity contribution is 0.00219. The van der Waals surface area contributed by atoms with Crippen molar-refractivity contribution in [3.8, 4) is 5.75 Å². The molecule has 8 heteroatoms. The molecule has 128 valence electrons. The predicted octanol–water partition coefficient (Wildman–Crippen LogP) is 1.91. The Bertz CT molecular complexity index is 872. The lowest BCUT2D eigenvalue weighted by Gasteiger charge is -2.34. The first-order valence-corrected chi connectivity index (χ1v) is 8.70. The molecule has 0 fully saturated rings. The van der Waals surface area contributed by atoms with E-state index in [1.807, 2.05) is 0 Å². The summed E-state index contributed by atoms with van der Waals surface area (Å²) < 4.78 is 58.4. The summed E-state index contributed by atoms with van der Waals surface area (Å²) in [5, 5.41) is 10.8.